The second kappa shape index (κ2) is 15.1. The molecule has 2 aliphatic heterocycles. The number of rotatable bonds is 11. The summed E-state index contributed by atoms with van der Waals surface area (Å²) >= 11 is 0. The third-order valence-corrected chi connectivity index (χ3v) is 12.6. The van der Waals surface area contributed by atoms with Gasteiger partial charge in [0, 0.05) is 36.1 Å². The maximum atomic E-state index is 14.8. The van der Waals surface area contributed by atoms with Crippen LogP contribution in [0.3, 0.4) is 0 Å². The van der Waals surface area contributed by atoms with E-state index >= 15 is 0 Å². The van der Waals surface area contributed by atoms with Crippen LogP contribution in [-0.4, -0.2) is 104 Å². The molecule has 4 amide bonds. The maximum Gasteiger partial charge on any atom is 0.287 e. The fourth-order valence-corrected chi connectivity index (χ4v) is 9.47. The zero-order valence-corrected chi connectivity index (χ0v) is 30.8. The van der Waals surface area contributed by atoms with Crippen LogP contribution in [0.15, 0.2) is 42.7 Å². The molecule has 2 saturated heterocycles. The van der Waals surface area contributed by atoms with E-state index in [1.807, 2.05) is 24.3 Å². The van der Waals surface area contributed by atoms with Crippen LogP contribution >= 0.6 is 10.6 Å². The fourth-order valence-electron chi connectivity index (χ4n) is 7.92. The van der Waals surface area contributed by atoms with E-state index in [2.05, 4.69) is 25.9 Å². The van der Waals surface area contributed by atoms with E-state index in [1.54, 1.807) is 19.9 Å². The molecule has 2 aromatic heterocycles. The van der Waals surface area contributed by atoms with Gasteiger partial charge in [-0.1, -0.05) is 55.5 Å². The molecule has 3 aliphatic rings. The predicted molar refractivity (Wildman–Crippen MR) is 196 cm³/mol. The highest BCUT2D eigenvalue weighted by atomic mass is 32.3. The second-order valence-electron chi connectivity index (χ2n) is 15.2. The zero-order valence-electron chi connectivity index (χ0n) is 29.9. The van der Waals surface area contributed by atoms with Crippen molar-refractivity contribution in [1.82, 2.24) is 35.5 Å². The van der Waals surface area contributed by atoms with Crippen LogP contribution in [-0.2, 0) is 24.8 Å². The Bertz CT molecular complexity index is 1880. The highest BCUT2D eigenvalue weighted by molar-refractivity contribution is 8.24. The smallest absolute Gasteiger partial charge is 0.287 e. The van der Waals surface area contributed by atoms with Gasteiger partial charge in [0.1, 0.15) is 23.2 Å². The van der Waals surface area contributed by atoms with Crippen LogP contribution in [0.4, 0.5) is 0 Å². The number of hydrogen-bond donors (Lipinski definition) is 6. The number of primary amides is 1. The lowest BCUT2D eigenvalue weighted by Gasteiger charge is -2.45. The van der Waals surface area contributed by atoms with Crippen LogP contribution in [0.5, 0.6) is 0 Å². The number of benzene rings is 1. The molecule has 53 heavy (non-hydrogen) atoms. The molecule has 1 unspecified atom stereocenters. The summed E-state index contributed by atoms with van der Waals surface area (Å²) in [5, 5.41) is 25.5. The van der Waals surface area contributed by atoms with Gasteiger partial charge in [0.15, 0.2) is 0 Å². The lowest BCUT2D eigenvalue weighted by Crippen LogP contribution is -2.64. The average Bonchev–Trinajstić information content (AvgIpc) is 3.81. The number of carbonyl (C=O) groups is 5. The lowest BCUT2D eigenvalue weighted by atomic mass is 9.84. The third kappa shape index (κ3) is 8.37. The van der Waals surface area contributed by atoms with Gasteiger partial charge in [-0.15, -0.1) is 5.10 Å². The van der Waals surface area contributed by atoms with E-state index in [9.17, 15) is 38.2 Å². The monoisotopic (exact) mass is 752 g/mol. The number of likely N-dealkylation sites (tertiary alicyclic amines) is 1. The van der Waals surface area contributed by atoms with Gasteiger partial charge in [0.25, 0.3) is 11.8 Å². The van der Waals surface area contributed by atoms with E-state index in [0.717, 1.165) is 37.5 Å². The number of ketones is 1. The molecule has 17 heteroatoms. The van der Waals surface area contributed by atoms with Gasteiger partial charge in [-0.05, 0) is 51.2 Å². The molecule has 0 bridgehead atoms. The first kappa shape index (κ1) is 38.3. The van der Waals surface area contributed by atoms with Gasteiger partial charge >= 0.3 is 0 Å². The summed E-state index contributed by atoms with van der Waals surface area (Å²) in [5.41, 5.74) is 3.58. The number of nitrogens with two attached hydrogens (primary N) is 1. The van der Waals surface area contributed by atoms with Gasteiger partial charge in [0.2, 0.25) is 17.6 Å². The Labute approximate surface area is 308 Å². The zero-order chi connectivity index (χ0) is 38.1. The number of hydrogen-bond acceptors (Lipinski definition) is 11. The summed E-state index contributed by atoms with van der Waals surface area (Å²) in [4.78, 5) is 74.2. The molecule has 0 spiro atoms. The van der Waals surface area contributed by atoms with Crippen LogP contribution in [0, 0.1) is 5.92 Å². The average molecular weight is 753 g/mol. The molecule has 4 heterocycles. The van der Waals surface area contributed by atoms with Crippen molar-refractivity contribution in [1.29, 1.82) is 0 Å². The van der Waals surface area contributed by atoms with E-state index < -0.39 is 69.3 Å². The van der Waals surface area contributed by atoms with Gasteiger partial charge < -0.3 is 26.4 Å². The summed E-state index contributed by atoms with van der Waals surface area (Å²) in [7, 11) is -3.03. The standard InChI is InChI=1S/C36H48N8O8S/c1-35(2,50)29-20-39-42-44(29)25-18-28(33(48)41-36(30(45)31(37)46)12-14-53(51,52)15-13-36)43(21-25)34(49)27(16-22-8-4-3-5-9-22)40-32(47)24-17-23-10-6-7-11-26(23)38-19-24/h6-7,10-11,17,19-20,22,25,27-28,50-52H,3-5,8-9,12-16,18,21H2,1-2H3,(H2,37,46)(H,40,47)(H,41,48)/t25-,27?,28-/m0/s1. The van der Waals surface area contributed by atoms with Gasteiger partial charge in [-0.3, -0.25) is 38.1 Å². The minimum absolute atomic E-state index is 0.00126. The Morgan fingerprint density at radius 2 is 1.75 bits per heavy atom. The van der Waals surface area contributed by atoms with Crippen molar-refractivity contribution >= 4 is 50.9 Å². The first-order chi connectivity index (χ1) is 25.1. The molecule has 6 rings (SSSR count). The molecule has 286 valence electrons. The topological polar surface area (TPSA) is 243 Å². The fraction of sp³-hybridized carbons (Fsp3) is 0.556. The summed E-state index contributed by atoms with van der Waals surface area (Å²) in [5.74, 6) is -4.42. The molecule has 0 radical (unpaired) electrons. The number of fused-ring (bicyclic) bond motifs is 1. The van der Waals surface area contributed by atoms with E-state index in [4.69, 9.17) is 5.73 Å². The first-order valence-electron chi connectivity index (χ1n) is 18.1. The highest BCUT2D eigenvalue weighted by Crippen LogP contribution is 2.47. The number of amides is 4. The second-order valence-corrected chi connectivity index (χ2v) is 17.6. The molecule has 1 aromatic carbocycles. The van der Waals surface area contributed by atoms with Gasteiger partial charge in [-0.25, -0.2) is 4.68 Å². The molecule has 3 atom stereocenters. The molecule has 3 fully saturated rings. The number of Topliss-reactive ketones (excluding diaryl/α,β-unsaturated/α-hetero) is 1. The number of nitrogens with one attached hydrogen (secondary N) is 2. The minimum atomic E-state index is -3.03. The first-order valence-corrected chi connectivity index (χ1v) is 19.9. The van der Waals surface area contributed by atoms with Crippen molar-refractivity contribution in [3.8, 4) is 0 Å². The Hall–Kier alpha value is -4.45. The Kier molecular flexibility index (Phi) is 10.9. The van der Waals surface area contributed by atoms with Crippen LogP contribution in [0.25, 0.3) is 10.9 Å². The van der Waals surface area contributed by atoms with E-state index in [-0.39, 0.29) is 48.8 Å². The molecular formula is C36H48N8O8S. The van der Waals surface area contributed by atoms with Crippen molar-refractivity contribution in [2.45, 2.75) is 101 Å². The van der Waals surface area contributed by atoms with E-state index in [0.29, 0.717) is 17.6 Å². The predicted octanol–water partition coefficient (Wildman–Crippen LogP) is 2.42. The van der Waals surface area contributed by atoms with Gasteiger partial charge in [0.05, 0.1) is 29.0 Å². The number of carbonyl (C=O) groups excluding carboxylic acids is 5. The summed E-state index contributed by atoms with van der Waals surface area (Å²) < 4.78 is 22.1. The number of pyridine rings is 1. The van der Waals surface area contributed by atoms with E-state index in [1.165, 1.54) is 22.0 Å². The molecule has 1 aliphatic carbocycles. The Morgan fingerprint density at radius 3 is 2.43 bits per heavy atom. The van der Waals surface area contributed by atoms with Crippen LogP contribution in [0.2, 0.25) is 0 Å². The normalized spacial score (nSPS) is 22.8. The molecule has 16 nitrogen and oxygen atoms in total. The number of nitrogens with zero attached hydrogens (tertiary/aromatic N) is 5. The molecule has 7 N–H and O–H groups in total. The van der Waals surface area contributed by atoms with Crippen molar-refractivity contribution in [2.24, 2.45) is 11.7 Å². The highest BCUT2D eigenvalue weighted by Gasteiger charge is 2.50. The third-order valence-electron chi connectivity index (χ3n) is 10.9. The quantitative estimate of drug-likeness (QED) is 0.155. The number of aliphatic hydroxyl groups is 1. The number of para-hydroxylation sites is 1. The van der Waals surface area contributed by atoms with Crippen LogP contribution < -0.4 is 16.4 Å². The Balaban J connectivity index is 1.34. The largest absolute Gasteiger partial charge is 0.384 e. The van der Waals surface area contributed by atoms with Gasteiger partial charge in [-0.2, -0.15) is 10.6 Å². The number of aromatic nitrogens is 4. The summed E-state index contributed by atoms with van der Waals surface area (Å²) in [6.07, 6.45) is 7.57. The molecule has 1 saturated carbocycles. The lowest BCUT2D eigenvalue weighted by molar-refractivity contribution is -0.145. The SMILES string of the molecule is CC(C)(O)c1cnnn1[C@H]1C[C@@H](C(=O)NC2(C(=O)C(N)=O)CCS(O)(O)CC2)N(C(=O)C(CC2CCCCC2)NC(=O)c2cnc3ccccc3c2)C1. The van der Waals surface area contributed by atoms with Crippen molar-refractivity contribution < 1.29 is 38.2 Å². The minimum Gasteiger partial charge on any atom is -0.384 e. The summed E-state index contributed by atoms with van der Waals surface area (Å²) in [6, 6.07) is 6.19. The van der Waals surface area contributed by atoms with Crippen molar-refractivity contribution in [3.05, 3.63) is 54.0 Å². The molecular weight excluding hydrogens is 705 g/mol. The molecule has 3 aromatic rings. The Morgan fingerprint density at radius 1 is 1.06 bits per heavy atom. The van der Waals surface area contributed by atoms with Crippen LogP contribution in [0.1, 0.15) is 93.7 Å². The maximum absolute atomic E-state index is 14.8. The van der Waals surface area contributed by atoms with Crippen molar-refractivity contribution in [2.75, 3.05) is 18.1 Å². The summed E-state index contributed by atoms with van der Waals surface area (Å²) in [6.45, 7) is 3.08. The van der Waals surface area contributed by atoms with Crippen molar-refractivity contribution in [3.63, 3.8) is 0 Å².